The molecule has 25 heavy (non-hydrogen) atoms. The van der Waals surface area contributed by atoms with Crippen molar-refractivity contribution in [3.05, 3.63) is 29.8 Å². The van der Waals surface area contributed by atoms with Crippen LogP contribution in [0.5, 0.6) is 0 Å². The van der Waals surface area contributed by atoms with Gasteiger partial charge in [-0.05, 0) is 44.2 Å². The summed E-state index contributed by atoms with van der Waals surface area (Å²) in [7, 11) is 3.64. The standard InChI is InChI=1S/C19H28N4O2/c1-20-18(24)16-13-21(2)11-12-23(14-16)19(25)15-5-7-17(8-6-15)22-9-3-4-10-22/h5-8,16H,3-4,9-14H2,1-2H3,(H,20,24). The predicted octanol–water partition coefficient (Wildman–Crippen LogP) is 1.04. The summed E-state index contributed by atoms with van der Waals surface area (Å²) in [6.45, 7) is 4.77. The number of nitrogens with one attached hydrogen (secondary N) is 1. The molecule has 1 aromatic carbocycles. The van der Waals surface area contributed by atoms with Gasteiger partial charge in [-0.15, -0.1) is 0 Å². The second-order valence-corrected chi connectivity index (χ2v) is 7.07. The van der Waals surface area contributed by atoms with Crippen molar-refractivity contribution in [2.75, 3.05) is 58.3 Å². The highest BCUT2D eigenvalue weighted by Gasteiger charge is 2.28. The molecule has 1 aromatic rings. The number of anilines is 1. The van der Waals surface area contributed by atoms with Crippen LogP contribution in [0.1, 0.15) is 23.2 Å². The second kappa shape index (κ2) is 7.87. The Morgan fingerprint density at radius 3 is 2.32 bits per heavy atom. The minimum absolute atomic E-state index is 0.00377. The fourth-order valence-electron chi connectivity index (χ4n) is 3.70. The molecule has 2 aliphatic rings. The zero-order chi connectivity index (χ0) is 17.8. The van der Waals surface area contributed by atoms with E-state index in [2.05, 4.69) is 15.1 Å². The topological polar surface area (TPSA) is 55.9 Å². The smallest absolute Gasteiger partial charge is 0.253 e. The highest BCUT2D eigenvalue weighted by molar-refractivity contribution is 5.95. The fraction of sp³-hybridized carbons (Fsp3) is 0.579. The van der Waals surface area contributed by atoms with Crippen LogP contribution in [0.4, 0.5) is 5.69 Å². The van der Waals surface area contributed by atoms with E-state index in [0.29, 0.717) is 25.2 Å². The lowest BCUT2D eigenvalue weighted by molar-refractivity contribution is -0.125. The average molecular weight is 344 g/mol. The summed E-state index contributed by atoms with van der Waals surface area (Å²) in [5.74, 6) is -0.182. The maximum atomic E-state index is 12.9. The first-order chi connectivity index (χ1) is 12.1. The minimum atomic E-state index is -0.190. The molecule has 0 aromatic heterocycles. The van der Waals surface area contributed by atoms with Crippen molar-refractivity contribution in [2.45, 2.75) is 12.8 Å². The average Bonchev–Trinajstić information content (AvgIpc) is 3.10. The summed E-state index contributed by atoms with van der Waals surface area (Å²) in [5.41, 5.74) is 1.89. The summed E-state index contributed by atoms with van der Waals surface area (Å²) in [6.07, 6.45) is 2.48. The highest BCUT2D eigenvalue weighted by Crippen LogP contribution is 2.21. The summed E-state index contributed by atoms with van der Waals surface area (Å²) in [6, 6.07) is 7.91. The molecule has 0 spiro atoms. The second-order valence-electron chi connectivity index (χ2n) is 7.07. The summed E-state index contributed by atoms with van der Waals surface area (Å²) >= 11 is 0. The number of carbonyl (C=O) groups is 2. The molecule has 1 atom stereocenters. The largest absolute Gasteiger partial charge is 0.372 e. The van der Waals surface area contributed by atoms with Gasteiger partial charge in [0.25, 0.3) is 5.91 Å². The van der Waals surface area contributed by atoms with E-state index in [0.717, 1.165) is 19.6 Å². The van der Waals surface area contributed by atoms with Crippen LogP contribution in [-0.2, 0) is 4.79 Å². The van der Waals surface area contributed by atoms with Crippen molar-refractivity contribution in [2.24, 2.45) is 5.92 Å². The summed E-state index contributed by atoms with van der Waals surface area (Å²) in [5, 5.41) is 2.71. The van der Waals surface area contributed by atoms with Crippen molar-refractivity contribution < 1.29 is 9.59 Å². The van der Waals surface area contributed by atoms with E-state index < -0.39 is 0 Å². The van der Waals surface area contributed by atoms with E-state index in [-0.39, 0.29) is 17.7 Å². The number of likely N-dealkylation sites (N-methyl/N-ethyl adjacent to an activating group) is 1. The Morgan fingerprint density at radius 1 is 1.00 bits per heavy atom. The van der Waals surface area contributed by atoms with Crippen LogP contribution in [0.15, 0.2) is 24.3 Å². The van der Waals surface area contributed by atoms with E-state index in [1.54, 1.807) is 7.05 Å². The number of amides is 2. The minimum Gasteiger partial charge on any atom is -0.372 e. The molecule has 0 radical (unpaired) electrons. The van der Waals surface area contributed by atoms with Crippen LogP contribution in [-0.4, -0.2) is 75.0 Å². The van der Waals surface area contributed by atoms with Gasteiger partial charge in [0.2, 0.25) is 5.91 Å². The first kappa shape index (κ1) is 17.7. The number of rotatable bonds is 3. The van der Waals surface area contributed by atoms with Crippen molar-refractivity contribution in [3.63, 3.8) is 0 Å². The van der Waals surface area contributed by atoms with Gasteiger partial charge in [-0.1, -0.05) is 0 Å². The maximum Gasteiger partial charge on any atom is 0.253 e. The van der Waals surface area contributed by atoms with Gasteiger partial charge in [-0.3, -0.25) is 9.59 Å². The molecule has 1 unspecified atom stereocenters. The first-order valence-corrected chi connectivity index (χ1v) is 9.13. The molecule has 3 rings (SSSR count). The Hall–Kier alpha value is -2.08. The molecule has 1 N–H and O–H groups in total. The van der Waals surface area contributed by atoms with Gasteiger partial charge in [0.05, 0.1) is 5.92 Å². The molecule has 2 aliphatic heterocycles. The van der Waals surface area contributed by atoms with Gasteiger partial charge in [-0.25, -0.2) is 0 Å². The number of hydrogen-bond donors (Lipinski definition) is 1. The summed E-state index contributed by atoms with van der Waals surface area (Å²) in [4.78, 5) is 31.3. The van der Waals surface area contributed by atoms with Gasteiger partial charge >= 0.3 is 0 Å². The van der Waals surface area contributed by atoms with E-state index in [1.165, 1.54) is 18.5 Å². The van der Waals surface area contributed by atoms with Gasteiger partial charge in [0, 0.05) is 57.6 Å². The molecule has 6 heteroatoms. The normalized spacial score (nSPS) is 21.9. The van der Waals surface area contributed by atoms with Crippen LogP contribution in [0.3, 0.4) is 0 Å². The Morgan fingerprint density at radius 2 is 1.68 bits per heavy atom. The predicted molar refractivity (Wildman–Crippen MR) is 98.8 cm³/mol. The monoisotopic (exact) mass is 344 g/mol. The molecule has 2 amide bonds. The SMILES string of the molecule is CNC(=O)C1CN(C)CCN(C(=O)c2ccc(N3CCCC3)cc2)C1. The van der Waals surface area contributed by atoms with Gasteiger partial charge < -0.3 is 20.0 Å². The Balaban J connectivity index is 1.71. The molecule has 0 aliphatic carbocycles. The summed E-state index contributed by atoms with van der Waals surface area (Å²) < 4.78 is 0. The molecular formula is C19H28N4O2. The number of benzene rings is 1. The lowest BCUT2D eigenvalue weighted by Crippen LogP contribution is -2.41. The molecule has 0 saturated carbocycles. The van der Waals surface area contributed by atoms with Crippen molar-refractivity contribution in [1.82, 2.24) is 15.1 Å². The number of hydrogen-bond acceptors (Lipinski definition) is 4. The number of carbonyl (C=O) groups excluding carboxylic acids is 2. The molecule has 136 valence electrons. The first-order valence-electron chi connectivity index (χ1n) is 9.13. The van der Waals surface area contributed by atoms with E-state index >= 15 is 0 Å². The third-order valence-corrected chi connectivity index (χ3v) is 5.21. The van der Waals surface area contributed by atoms with Crippen molar-refractivity contribution in [3.8, 4) is 0 Å². The quantitative estimate of drug-likeness (QED) is 0.890. The van der Waals surface area contributed by atoms with Crippen LogP contribution in [0, 0.1) is 5.92 Å². The number of nitrogens with zero attached hydrogens (tertiary/aromatic N) is 3. The molecule has 2 heterocycles. The van der Waals surface area contributed by atoms with E-state index in [1.807, 2.05) is 36.2 Å². The lowest BCUT2D eigenvalue weighted by atomic mass is 10.1. The third-order valence-electron chi connectivity index (χ3n) is 5.21. The van der Waals surface area contributed by atoms with E-state index in [9.17, 15) is 9.59 Å². The Bertz CT molecular complexity index is 610. The lowest BCUT2D eigenvalue weighted by Gasteiger charge is -2.24. The van der Waals surface area contributed by atoms with E-state index in [4.69, 9.17) is 0 Å². The van der Waals surface area contributed by atoms with Crippen LogP contribution in [0.25, 0.3) is 0 Å². The van der Waals surface area contributed by atoms with Crippen LogP contribution < -0.4 is 10.2 Å². The van der Waals surface area contributed by atoms with Crippen LogP contribution >= 0.6 is 0 Å². The van der Waals surface area contributed by atoms with Gasteiger partial charge in [-0.2, -0.15) is 0 Å². The zero-order valence-electron chi connectivity index (χ0n) is 15.2. The van der Waals surface area contributed by atoms with Crippen molar-refractivity contribution >= 4 is 17.5 Å². The maximum absolute atomic E-state index is 12.9. The molecule has 0 bridgehead atoms. The molecule has 2 saturated heterocycles. The molecule has 2 fully saturated rings. The highest BCUT2D eigenvalue weighted by atomic mass is 16.2. The Labute approximate surface area is 149 Å². The fourth-order valence-corrected chi connectivity index (χ4v) is 3.70. The molecular weight excluding hydrogens is 316 g/mol. The Kier molecular flexibility index (Phi) is 5.58. The van der Waals surface area contributed by atoms with Crippen LogP contribution in [0.2, 0.25) is 0 Å². The van der Waals surface area contributed by atoms with Crippen molar-refractivity contribution in [1.29, 1.82) is 0 Å². The van der Waals surface area contributed by atoms with Gasteiger partial charge in [0.15, 0.2) is 0 Å². The molecule has 6 nitrogen and oxygen atoms in total. The van der Waals surface area contributed by atoms with Gasteiger partial charge in [0.1, 0.15) is 0 Å². The third kappa shape index (κ3) is 4.12. The zero-order valence-corrected chi connectivity index (χ0v) is 15.2.